The van der Waals surface area contributed by atoms with Crippen molar-refractivity contribution in [3.05, 3.63) is 48.2 Å². The molecule has 4 heteroatoms. The monoisotopic (exact) mass is 259 g/mol. The first kappa shape index (κ1) is 11.4. The van der Waals surface area contributed by atoms with Crippen molar-refractivity contribution in [3.8, 4) is 11.5 Å². The Hall–Kier alpha value is -1.68. The van der Waals surface area contributed by atoms with Gasteiger partial charge in [-0.25, -0.2) is 4.98 Å². The van der Waals surface area contributed by atoms with Crippen molar-refractivity contribution in [2.24, 2.45) is 0 Å². The van der Waals surface area contributed by atoms with Gasteiger partial charge in [0, 0.05) is 11.4 Å². The number of benzene rings is 1. The van der Waals surface area contributed by atoms with E-state index in [9.17, 15) is 5.11 Å². The molecule has 92 valence electrons. The van der Waals surface area contributed by atoms with Crippen LogP contribution < -0.4 is 4.74 Å². The predicted molar refractivity (Wildman–Crippen MR) is 71.0 cm³/mol. The van der Waals surface area contributed by atoms with Crippen molar-refractivity contribution >= 4 is 11.8 Å². The molecule has 1 aliphatic rings. The third-order valence-electron chi connectivity index (χ3n) is 2.94. The standard InChI is InChI=1S/C14H13NO2S/c1-9-13(10-4-6-11(16)7-5-10)17-12-3-2-8-15-14(12)18-9/h2-9,13,16H,1H3/t9-,13-/m1/s1. The molecule has 0 unspecified atom stereocenters. The summed E-state index contributed by atoms with van der Waals surface area (Å²) in [6.07, 6.45) is 1.77. The Morgan fingerprint density at radius 3 is 2.78 bits per heavy atom. The van der Waals surface area contributed by atoms with Gasteiger partial charge in [0.25, 0.3) is 0 Å². The fourth-order valence-electron chi connectivity index (χ4n) is 2.03. The van der Waals surface area contributed by atoms with Gasteiger partial charge in [-0.15, -0.1) is 0 Å². The molecule has 0 aliphatic carbocycles. The number of ether oxygens (including phenoxy) is 1. The van der Waals surface area contributed by atoms with Gasteiger partial charge in [0.1, 0.15) is 16.9 Å². The van der Waals surface area contributed by atoms with E-state index in [2.05, 4.69) is 11.9 Å². The molecule has 1 N–H and O–H groups in total. The molecule has 0 radical (unpaired) electrons. The van der Waals surface area contributed by atoms with Gasteiger partial charge >= 0.3 is 0 Å². The molecule has 0 fully saturated rings. The second kappa shape index (κ2) is 4.53. The molecule has 1 aromatic heterocycles. The largest absolute Gasteiger partial charge is 0.508 e. The van der Waals surface area contributed by atoms with Crippen LogP contribution in [0.25, 0.3) is 0 Å². The zero-order chi connectivity index (χ0) is 12.5. The molecule has 3 nitrogen and oxygen atoms in total. The number of aromatic nitrogens is 1. The maximum absolute atomic E-state index is 9.32. The van der Waals surface area contributed by atoms with Crippen LogP contribution in [0.3, 0.4) is 0 Å². The van der Waals surface area contributed by atoms with Crippen molar-refractivity contribution in [3.63, 3.8) is 0 Å². The average Bonchev–Trinajstić information content (AvgIpc) is 2.39. The lowest BCUT2D eigenvalue weighted by Gasteiger charge is -2.30. The lowest BCUT2D eigenvalue weighted by atomic mass is 10.1. The summed E-state index contributed by atoms with van der Waals surface area (Å²) in [5, 5.41) is 10.6. The minimum Gasteiger partial charge on any atom is -0.508 e. The SMILES string of the molecule is C[C@H]1Sc2ncccc2O[C@H]1c1ccc(O)cc1. The highest BCUT2D eigenvalue weighted by atomic mass is 32.2. The van der Waals surface area contributed by atoms with E-state index in [4.69, 9.17) is 4.74 Å². The zero-order valence-electron chi connectivity index (χ0n) is 9.91. The lowest BCUT2D eigenvalue weighted by molar-refractivity contribution is 0.193. The maximum atomic E-state index is 9.32. The van der Waals surface area contributed by atoms with Crippen LogP contribution in [-0.4, -0.2) is 15.3 Å². The van der Waals surface area contributed by atoms with Gasteiger partial charge in [0.2, 0.25) is 0 Å². The molecule has 1 aliphatic heterocycles. The fraction of sp³-hybridized carbons (Fsp3) is 0.214. The van der Waals surface area contributed by atoms with Crippen LogP contribution in [0.5, 0.6) is 11.5 Å². The van der Waals surface area contributed by atoms with Crippen LogP contribution in [0.4, 0.5) is 0 Å². The van der Waals surface area contributed by atoms with Gasteiger partial charge in [-0.1, -0.05) is 23.9 Å². The normalized spacial score (nSPS) is 22.1. The molecule has 2 atom stereocenters. The number of hydrogen-bond donors (Lipinski definition) is 1. The summed E-state index contributed by atoms with van der Waals surface area (Å²) in [6.45, 7) is 2.12. The number of rotatable bonds is 1. The molecule has 0 bridgehead atoms. The topological polar surface area (TPSA) is 42.4 Å². The van der Waals surface area contributed by atoms with Gasteiger partial charge in [-0.05, 0) is 36.8 Å². The first-order chi connectivity index (χ1) is 8.74. The van der Waals surface area contributed by atoms with Crippen molar-refractivity contribution in [2.75, 3.05) is 0 Å². The van der Waals surface area contributed by atoms with E-state index in [1.165, 1.54) is 0 Å². The van der Waals surface area contributed by atoms with Crippen molar-refractivity contribution < 1.29 is 9.84 Å². The molecule has 1 aromatic carbocycles. The van der Waals surface area contributed by atoms with Crippen LogP contribution in [-0.2, 0) is 0 Å². The summed E-state index contributed by atoms with van der Waals surface area (Å²) in [6, 6.07) is 11.0. The first-order valence-electron chi connectivity index (χ1n) is 5.81. The number of aromatic hydroxyl groups is 1. The molecule has 0 amide bonds. The Morgan fingerprint density at radius 2 is 2.00 bits per heavy atom. The van der Waals surface area contributed by atoms with Gasteiger partial charge in [0.15, 0.2) is 5.75 Å². The molecule has 18 heavy (non-hydrogen) atoms. The van der Waals surface area contributed by atoms with Crippen molar-refractivity contribution in [1.82, 2.24) is 4.98 Å². The van der Waals surface area contributed by atoms with Crippen LogP contribution in [0.15, 0.2) is 47.6 Å². The summed E-state index contributed by atoms with van der Waals surface area (Å²) in [4.78, 5) is 4.31. The molecule has 2 heterocycles. The highest BCUT2D eigenvalue weighted by Crippen LogP contribution is 2.43. The molecule has 0 saturated heterocycles. The molecular formula is C14H13NO2S. The highest BCUT2D eigenvalue weighted by Gasteiger charge is 2.29. The van der Waals surface area contributed by atoms with Gasteiger partial charge < -0.3 is 9.84 Å². The second-order valence-electron chi connectivity index (χ2n) is 4.26. The Morgan fingerprint density at radius 1 is 1.22 bits per heavy atom. The van der Waals surface area contributed by atoms with Crippen molar-refractivity contribution in [1.29, 1.82) is 0 Å². The smallest absolute Gasteiger partial charge is 0.152 e. The quantitative estimate of drug-likeness (QED) is 0.852. The Balaban J connectivity index is 1.93. The lowest BCUT2D eigenvalue weighted by Crippen LogP contribution is -2.22. The van der Waals surface area contributed by atoms with E-state index < -0.39 is 0 Å². The number of nitrogens with zero attached hydrogens (tertiary/aromatic N) is 1. The summed E-state index contributed by atoms with van der Waals surface area (Å²) >= 11 is 1.72. The summed E-state index contributed by atoms with van der Waals surface area (Å²) < 4.78 is 6.01. The van der Waals surface area contributed by atoms with Crippen LogP contribution >= 0.6 is 11.8 Å². The van der Waals surface area contributed by atoms with E-state index in [1.807, 2.05) is 24.3 Å². The third kappa shape index (κ3) is 2.04. The van der Waals surface area contributed by atoms with Crippen LogP contribution in [0, 0.1) is 0 Å². The van der Waals surface area contributed by atoms with E-state index in [-0.39, 0.29) is 17.1 Å². The van der Waals surface area contributed by atoms with Gasteiger partial charge in [-0.3, -0.25) is 0 Å². The third-order valence-corrected chi connectivity index (χ3v) is 4.08. The number of pyridine rings is 1. The highest BCUT2D eigenvalue weighted by molar-refractivity contribution is 8.00. The molecule has 2 aromatic rings. The van der Waals surface area contributed by atoms with E-state index in [1.54, 1.807) is 30.1 Å². The number of thioether (sulfide) groups is 1. The Labute approximate surface area is 110 Å². The van der Waals surface area contributed by atoms with Gasteiger partial charge in [0.05, 0.1) is 0 Å². The average molecular weight is 259 g/mol. The van der Waals surface area contributed by atoms with Gasteiger partial charge in [-0.2, -0.15) is 0 Å². The molecule has 0 saturated carbocycles. The van der Waals surface area contributed by atoms with E-state index in [0.29, 0.717) is 0 Å². The minimum absolute atomic E-state index is 0.00713. The number of phenolic OH excluding ortho intramolecular Hbond substituents is 1. The summed E-state index contributed by atoms with van der Waals surface area (Å²) in [7, 11) is 0. The minimum atomic E-state index is -0.00713. The molecule has 3 rings (SSSR count). The number of fused-ring (bicyclic) bond motifs is 1. The van der Waals surface area contributed by atoms with E-state index in [0.717, 1.165) is 16.3 Å². The van der Waals surface area contributed by atoms with Crippen LogP contribution in [0.1, 0.15) is 18.6 Å². The first-order valence-corrected chi connectivity index (χ1v) is 6.69. The molecular weight excluding hydrogens is 246 g/mol. The maximum Gasteiger partial charge on any atom is 0.152 e. The predicted octanol–water partition coefficient (Wildman–Crippen LogP) is 3.40. The Kier molecular flexibility index (Phi) is 2.88. The number of hydrogen-bond acceptors (Lipinski definition) is 4. The number of phenols is 1. The van der Waals surface area contributed by atoms with Crippen LogP contribution in [0.2, 0.25) is 0 Å². The summed E-state index contributed by atoms with van der Waals surface area (Å²) in [5.74, 6) is 1.11. The van der Waals surface area contributed by atoms with E-state index >= 15 is 0 Å². The van der Waals surface area contributed by atoms with Crippen molar-refractivity contribution in [2.45, 2.75) is 23.3 Å². The summed E-state index contributed by atoms with van der Waals surface area (Å²) in [5.41, 5.74) is 1.07. The fourth-order valence-corrected chi connectivity index (χ4v) is 3.07. The zero-order valence-corrected chi connectivity index (χ0v) is 10.7. The molecule has 0 spiro atoms. The second-order valence-corrected chi connectivity index (χ2v) is 5.63. The Bertz CT molecular complexity index is 556.